The van der Waals surface area contributed by atoms with Crippen LogP contribution in [0.25, 0.3) is 0 Å². The highest BCUT2D eigenvalue weighted by molar-refractivity contribution is 9.10. The molecule has 0 bridgehead atoms. The van der Waals surface area contributed by atoms with Gasteiger partial charge in [0.05, 0.1) is 0 Å². The number of nitrogens with one attached hydrogen (secondary N) is 1. The Labute approximate surface area is 178 Å². The molecule has 1 N–H and O–H groups in total. The SMILES string of the molecule is O=C(Nc1cccc(F)c1)c1nnc(C2CCCN(C(=O)c3ccc(Br)o3)C2)s1. The average molecular weight is 479 g/mol. The van der Waals surface area contributed by atoms with Crippen molar-refractivity contribution in [3.63, 3.8) is 0 Å². The van der Waals surface area contributed by atoms with E-state index in [0.29, 0.717) is 28.5 Å². The molecule has 0 aliphatic carbocycles. The molecule has 1 unspecified atom stereocenters. The first-order chi connectivity index (χ1) is 14.0. The summed E-state index contributed by atoms with van der Waals surface area (Å²) in [6, 6.07) is 8.97. The van der Waals surface area contributed by atoms with E-state index in [-0.39, 0.29) is 22.6 Å². The summed E-state index contributed by atoms with van der Waals surface area (Å²) in [6.07, 6.45) is 1.68. The number of amides is 2. The number of nitrogens with zero attached hydrogens (tertiary/aromatic N) is 3. The van der Waals surface area contributed by atoms with Gasteiger partial charge in [-0.1, -0.05) is 17.4 Å². The lowest BCUT2D eigenvalue weighted by atomic mass is 9.98. The van der Waals surface area contributed by atoms with Gasteiger partial charge in [0.2, 0.25) is 5.01 Å². The van der Waals surface area contributed by atoms with Crippen molar-refractivity contribution in [3.05, 3.63) is 62.7 Å². The Bertz CT molecular complexity index is 1050. The van der Waals surface area contributed by atoms with Crippen LogP contribution in [0, 0.1) is 5.82 Å². The van der Waals surface area contributed by atoms with E-state index in [4.69, 9.17) is 4.42 Å². The molecule has 2 amide bonds. The predicted octanol–water partition coefficient (Wildman–Crippen LogP) is 4.30. The summed E-state index contributed by atoms with van der Waals surface area (Å²) >= 11 is 4.39. The fourth-order valence-electron chi connectivity index (χ4n) is 3.19. The minimum absolute atomic E-state index is 0.000627. The van der Waals surface area contributed by atoms with Gasteiger partial charge in [-0.15, -0.1) is 10.2 Å². The van der Waals surface area contributed by atoms with Gasteiger partial charge in [0.15, 0.2) is 10.4 Å². The number of piperidine rings is 1. The molecule has 4 rings (SSSR count). The van der Waals surface area contributed by atoms with Gasteiger partial charge in [-0.3, -0.25) is 9.59 Å². The van der Waals surface area contributed by atoms with Crippen LogP contribution in [0.2, 0.25) is 0 Å². The van der Waals surface area contributed by atoms with E-state index in [9.17, 15) is 14.0 Å². The Kier molecular flexibility index (Phi) is 5.72. The zero-order chi connectivity index (χ0) is 20.4. The molecule has 1 aromatic carbocycles. The molecule has 150 valence electrons. The molecule has 0 saturated carbocycles. The summed E-state index contributed by atoms with van der Waals surface area (Å²) < 4.78 is 19.1. The number of aromatic nitrogens is 2. The number of furan rings is 1. The zero-order valence-corrected chi connectivity index (χ0v) is 17.5. The highest BCUT2D eigenvalue weighted by atomic mass is 79.9. The normalized spacial score (nSPS) is 16.6. The number of carbonyl (C=O) groups excluding carboxylic acids is 2. The summed E-state index contributed by atoms with van der Waals surface area (Å²) in [7, 11) is 0. The molecule has 10 heteroatoms. The first kappa shape index (κ1) is 19.7. The minimum atomic E-state index is -0.441. The van der Waals surface area contributed by atoms with Crippen LogP contribution in [-0.2, 0) is 0 Å². The van der Waals surface area contributed by atoms with Crippen molar-refractivity contribution in [3.8, 4) is 0 Å². The Balaban J connectivity index is 1.43. The fraction of sp³-hybridized carbons (Fsp3) is 0.263. The molecular formula is C19H16BrFN4O3S. The van der Waals surface area contributed by atoms with Crippen LogP contribution >= 0.6 is 27.3 Å². The third kappa shape index (κ3) is 4.54. The first-order valence-electron chi connectivity index (χ1n) is 8.94. The number of hydrogen-bond donors (Lipinski definition) is 1. The predicted molar refractivity (Wildman–Crippen MR) is 109 cm³/mol. The van der Waals surface area contributed by atoms with Crippen molar-refractivity contribution in [2.75, 3.05) is 18.4 Å². The summed E-state index contributed by atoms with van der Waals surface area (Å²) in [6.45, 7) is 1.12. The maximum atomic E-state index is 13.3. The van der Waals surface area contributed by atoms with Crippen LogP contribution in [-0.4, -0.2) is 40.0 Å². The van der Waals surface area contributed by atoms with Crippen LogP contribution < -0.4 is 5.32 Å². The molecule has 1 fully saturated rings. The molecule has 1 saturated heterocycles. The third-order valence-corrected chi connectivity index (χ3v) is 6.07. The lowest BCUT2D eigenvalue weighted by molar-refractivity contribution is 0.0673. The van der Waals surface area contributed by atoms with E-state index in [1.54, 1.807) is 23.1 Å². The number of benzene rings is 1. The fourth-order valence-corrected chi connectivity index (χ4v) is 4.36. The molecule has 29 heavy (non-hydrogen) atoms. The topological polar surface area (TPSA) is 88.3 Å². The number of carbonyl (C=O) groups is 2. The van der Waals surface area contributed by atoms with E-state index in [2.05, 4.69) is 31.4 Å². The smallest absolute Gasteiger partial charge is 0.289 e. The van der Waals surface area contributed by atoms with Gasteiger partial charge in [-0.05, 0) is 59.1 Å². The Morgan fingerprint density at radius 3 is 2.90 bits per heavy atom. The van der Waals surface area contributed by atoms with Gasteiger partial charge < -0.3 is 14.6 Å². The lowest BCUT2D eigenvalue weighted by Crippen LogP contribution is -2.38. The van der Waals surface area contributed by atoms with E-state index in [1.165, 1.54) is 29.5 Å². The molecule has 3 aromatic rings. The number of anilines is 1. The largest absolute Gasteiger partial charge is 0.444 e. The van der Waals surface area contributed by atoms with Crippen molar-refractivity contribution in [1.82, 2.24) is 15.1 Å². The molecule has 1 aliphatic rings. The lowest BCUT2D eigenvalue weighted by Gasteiger charge is -2.30. The monoisotopic (exact) mass is 478 g/mol. The molecule has 0 spiro atoms. The Morgan fingerprint density at radius 1 is 1.28 bits per heavy atom. The molecule has 3 heterocycles. The van der Waals surface area contributed by atoms with Crippen LogP contribution in [0.5, 0.6) is 0 Å². The molecule has 0 radical (unpaired) electrons. The van der Waals surface area contributed by atoms with Crippen LogP contribution in [0.4, 0.5) is 10.1 Å². The Morgan fingerprint density at radius 2 is 2.14 bits per heavy atom. The van der Waals surface area contributed by atoms with Crippen LogP contribution in [0.1, 0.15) is 44.1 Å². The van der Waals surface area contributed by atoms with Gasteiger partial charge in [-0.25, -0.2) is 4.39 Å². The number of likely N-dealkylation sites (tertiary alicyclic amines) is 1. The van der Waals surface area contributed by atoms with Gasteiger partial charge in [0.25, 0.3) is 11.8 Å². The third-order valence-electron chi connectivity index (χ3n) is 4.56. The average Bonchev–Trinajstić information content (AvgIpc) is 3.37. The van der Waals surface area contributed by atoms with Crippen molar-refractivity contribution in [2.24, 2.45) is 0 Å². The van der Waals surface area contributed by atoms with Crippen molar-refractivity contribution < 1.29 is 18.4 Å². The molecule has 1 atom stereocenters. The number of halogens is 2. The second-order valence-corrected chi connectivity index (χ2v) is 8.39. The van der Waals surface area contributed by atoms with E-state index >= 15 is 0 Å². The number of rotatable bonds is 4. The minimum Gasteiger partial charge on any atom is -0.444 e. The molecule has 7 nitrogen and oxygen atoms in total. The van der Waals surface area contributed by atoms with E-state index in [0.717, 1.165) is 12.8 Å². The standard InChI is InChI=1S/C19H16BrFN4O3S/c20-15-7-6-14(28-15)19(27)25-8-2-3-11(10-25)17-23-24-18(29-17)16(26)22-13-5-1-4-12(21)9-13/h1,4-7,9,11H,2-3,8,10H2,(H,22,26). The van der Waals surface area contributed by atoms with E-state index in [1.807, 2.05) is 0 Å². The zero-order valence-electron chi connectivity index (χ0n) is 15.1. The quantitative estimate of drug-likeness (QED) is 0.603. The summed E-state index contributed by atoms with van der Waals surface area (Å²) in [5, 5.41) is 11.6. The van der Waals surface area contributed by atoms with Crippen molar-refractivity contribution >= 4 is 44.8 Å². The highest BCUT2D eigenvalue weighted by Crippen LogP contribution is 2.30. The maximum absolute atomic E-state index is 13.3. The molecule has 1 aliphatic heterocycles. The van der Waals surface area contributed by atoms with E-state index < -0.39 is 11.7 Å². The second kappa shape index (κ2) is 8.42. The van der Waals surface area contributed by atoms with Gasteiger partial charge in [0, 0.05) is 24.7 Å². The summed E-state index contributed by atoms with van der Waals surface area (Å²) in [5.74, 6) is -0.766. The van der Waals surface area contributed by atoms with Gasteiger partial charge >= 0.3 is 0 Å². The van der Waals surface area contributed by atoms with Crippen LogP contribution in [0.3, 0.4) is 0 Å². The first-order valence-corrected chi connectivity index (χ1v) is 10.6. The second-order valence-electron chi connectivity index (χ2n) is 6.60. The molecular weight excluding hydrogens is 463 g/mol. The summed E-state index contributed by atoms with van der Waals surface area (Å²) in [5.41, 5.74) is 0.353. The molecule has 2 aromatic heterocycles. The maximum Gasteiger partial charge on any atom is 0.289 e. The highest BCUT2D eigenvalue weighted by Gasteiger charge is 2.29. The summed E-state index contributed by atoms with van der Waals surface area (Å²) in [4.78, 5) is 26.7. The van der Waals surface area contributed by atoms with Gasteiger partial charge in [0.1, 0.15) is 10.8 Å². The van der Waals surface area contributed by atoms with Gasteiger partial charge in [-0.2, -0.15) is 0 Å². The van der Waals surface area contributed by atoms with Crippen molar-refractivity contribution in [1.29, 1.82) is 0 Å². The van der Waals surface area contributed by atoms with Crippen molar-refractivity contribution in [2.45, 2.75) is 18.8 Å². The number of hydrogen-bond acceptors (Lipinski definition) is 6. The Hall–Kier alpha value is -2.59. The van der Waals surface area contributed by atoms with Crippen LogP contribution in [0.15, 0.2) is 45.5 Å².